The minimum absolute atomic E-state index is 0.813. The first kappa shape index (κ1) is 16.8. The first-order chi connectivity index (χ1) is 9.58. The number of halogens is 1. The van der Waals surface area contributed by atoms with Gasteiger partial charge < -0.3 is 14.8 Å². The molecule has 0 aliphatic carbocycles. The molecule has 5 heteroatoms. The van der Waals surface area contributed by atoms with Crippen LogP contribution in [0.2, 0.25) is 0 Å². The lowest BCUT2D eigenvalue weighted by molar-refractivity contribution is 0.462. The molecule has 0 aromatic carbocycles. The highest BCUT2D eigenvalue weighted by molar-refractivity contribution is 9.10. The Labute approximate surface area is 130 Å². The minimum atomic E-state index is 0.813. The SMILES string of the molecule is C/C=C/CCN=C(NCC)N(C)Cc1cc(Br)cn1C. The van der Waals surface area contributed by atoms with Crippen molar-refractivity contribution in [3.63, 3.8) is 0 Å². The highest BCUT2D eigenvalue weighted by Crippen LogP contribution is 2.14. The Hall–Kier alpha value is -1.23. The molecule has 20 heavy (non-hydrogen) atoms. The van der Waals surface area contributed by atoms with Gasteiger partial charge >= 0.3 is 0 Å². The highest BCUT2D eigenvalue weighted by Gasteiger charge is 2.09. The van der Waals surface area contributed by atoms with Crippen LogP contribution in [0.3, 0.4) is 0 Å². The second-order valence-electron chi connectivity index (χ2n) is 4.71. The number of allylic oxidation sites excluding steroid dienone is 1. The molecule has 0 fully saturated rings. The predicted octanol–water partition coefficient (Wildman–Crippen LogP) is 3.15. The highest BCUT2D eigenvalue weighted by atomic mass is 79.9. The predicted molar refractivity (Wildman–Crippen MR) is 90.0 cm³/mol. The van der Waals surface area contributed by atoms with E-state index < -0.39 is 0 Å². The molecular formula is C15H25BrN4. The van der Waals surface area contributed by atoms with Gasteiger partial charge in [0.15, 0.2) is 5.96 Å². The normalized spacial score (nSPS) is 12.2. The molecule has 0 saturated heterocycles. The maximum Gasteiger partial charge on any atom is 0.194 e. The van der Waals surface area contributed by atoms with Crippen molar-refractivity contribution < 1.29 is 0 Å². The first-order valence-electron chi connectivity index (χ1n) is 6.99. The van der Waals surface area contributed by atoms with Gasteiger partial charge in [0.25, 0.3) is 0 Å². The third-order valence-electron chi connectivity index (χ3n) is 2.96. The second kappa shape index (κ2) is 8.84. The van der Waals surface area contributed by atoms with Gasteiger partial charge in [0, 0.05) is 43.5 Å². The van der Waals surface area contributed by atoms with Gasteiger partial charge in [-0.2, -0.15) is 0 Å². The average Bonchev–Trinajstić information content (AvgIpc) is 2.71. The zero-order chi connectivity index (χ0) is 15.0. The summed E-state index contributed by atoms with van der Waals surface area (Å²) in [6.07, 6.45) is 7.25. The van der Waals surface area contributed by atoms with Crippen LogP contribution in [0.1, 0.15) is 26.0 Å². The minimum Gasteiger partial charge on any atom is -0.357 e. The van der Waals surface area contributed by atoms with Crippen molar-refractivity contribution in [2.45, 2.75) is 26.8 Å². The summed E-state index contributed by atoms with van der Waals surface area (Å²) in [5, 5.41) is 3.34. The molecule has 1 aromatic heterocycles. The molecule has 0 aliphatic heterocycles. The Morgan fingerprint density at radius 1 is 1.55 bits per heavy atom. The van der Waals surface area contributed by atoms with Crippen LogP contribution in [0.5, 0.6) is 0 Å². The number of rotatable bonds is 6. The molecule has 0 amide bonds. The molecule has 1 N–H and O–H groups in total. The van der Waals surface area contributed by atoms with Gasteiger partial charge in [-0.3, -0.25) is 4.99 Å². The van der Waals surface area contributed by atoms with Crippen molar-refractivity contribution in [2.75, 3.05) is 20.1 Å². The zero-order valence-electron chi connectivity index (χ0n) is 12.9. The Morgan fingerprint density at radius 2 is 2.30 bits per heavy atom. The quantitative estimate of drug-likeness (QED) is 0.373. The zero-order valence-corrected chi connectivity index (χ0v) is 14.4. The number of aryl methyl sites for hydroxylation is 1. The summed E-state index contributed by atoms with van der Waals surface area (Å²) in [6, 6.07) is 2.14. The number of aliphatic imine (C=N–C) groups is 1. The van der Waals surface area contributed by atoms with Crippen molar-refractivity contribution in [3.05, 3.63) is 34.6 Å². The van der Waals surface area contributed by atoms with E-state index in [4.69, 9.17) is 0 Å². The van der Waals surface area contributed by atoms with Gasteiger partial charge in [-0.1, -0.05) is 12.2 Å². The third kappa shape index (κ3) is 5.41. The van der Waals surface area contributed by atoms with Crippen LogP contribution in [0, 0.1) is 0 Å². The standard InChI is InChI=1S/C15H25BrN4/c1-5-7-8-9-18-15(17-6-2)20(4)12-14-10-13(16)11-19(14)3/h5,7,10-11H,6,8-9,12H2,1-4H3,(H,17,18)/b7-5+. The molecule has 4 nitrogen and oxygen atoms in total. The molecule has 0 bridgehead atoms. The van der Waals surface area contributed by atoms with Crippen molar-refractivity contribution in [1.29, 1.82) is 0 Å². The van der Waals surface area contributed by atoms with E-state index in [1.165, 1.54) is 5.69 Å². The van der Waals surface area contributed by atoms with Crippen LogP contribution in [-0.2, 0) is 13.6 Å². The maximum absolute atomic E-state index is 4.64. The fourth-order valence-corrected chi connectivity index (χ4v) is 2.49. The van der Waals surface area contributed by atoms with Crippen LogP contribution in [-0.4, -0.2) is 35.6 Å². The van der Waals surface area contributed by atoms with Crippen LogP contribution >= 0.6 is 15.9 Å². The van der Waals surface area contributed by atoms with Crippen LogP contribution in [0.15, 0.2) is 33.9 Å². The van der Waals surface area contributed by atoms with Crippen LogP contribution in [0.4, 0.5) is 0 Å². The van der Waals surface area contributed by atoms with E-state index in [9.17, 15) is 0 Å². The van der Waals surface area contributed by atoms with E-state index in [1.807, 2.05) is 6.92 Å². The van der Waals surface area contributed by atoms with Crippen molar-refractivity contribution in [3.8, 4) is 0 Å². The lowest BCUT2D eigenvalue weighted by atomic mass is 10.4. The number of hydrogen-bond acceptors (Lipinski definition) is 1. The van der Waals surface area contributed by atoms with Gasteiger partial charge in [0.2, 0.25) is 0 Å². The molecule has 0 radical (unpaired) electrons. The Morgan fingerprint density at radius 3 is 2.85 bits per heavy atom. The first-order valence-corrected chi connectivity index (χ1v) is 7.79. The van der Waals surface area contributed by atoms with Gasteiger partial charge in [-0.05, 0) is 42.3 Å². The summed E-state index contributed by atoms with van der Waals surface area (Å²) < 4.78 is 3.24. The van der Waals surface area contributed by atoms with Crippen molar-refractivity contribution in [2.24, 2.45) is 12.0 Å². The summed E-state index contributed by atoms with van der Waals surface area (Å²) in [7, 11) is 4.13. The molecule has 0 aliphatic rings. The number of guanidine groups is 1. The number of nitrogens with one attached hydrogen (secondary N) is 1. The molecule has 0 saturated carbocycles. The van der Waals surface area contributed by atoms with Gasteiger partial charge in [0.05, 0.1) is 6.54 Å². The summed E-state index contributed by atoms with van der Waals surface area (Å²) in [4.78, 5) is 6.80. The van der Waals surface area contributed by atoms with E-state index >= 15 is 0 Å². The summed E-state index contributed by atoms with van der Waals surface area (Å²) in [6.45, 7) is 6.65. The lowest BCUT2D eigenvalue weighted by Crippen LogP contribution is -2.38. The third-order valence-corrected chi connectivity index (χ3v) is 3.40. The number of nitrogens with zero attached hydrogens (tertiary/aromatic N) is 3. The number of aromatic nitrogens is 1. The Bertz CT molecular complexity index is 462. The van der Waals surface area contributed by atoms with E-state index in [0.29, 0.717) is 0 Å². The van der Waals surface area contributed by atoms with E-state index in [1.54, 1.807) is 0 Å². The molecule has 0 unspecified atom stereocenters. The van der Waals surface area contributed by atoms with Crippen molar-refractivity contribution >= 4 is 21.9 Å². The van der Waals surface area contributed by atoms with E-state index in [2.05, 4.69) is 81.1 Å². The average molecular weight is 341 g/mol. The summed E-state index contributed by atoms with van der Waals surface area (Å²) in [5.41, 5.74) is 1.25. The largest absolute Gasteiger partial charge is 0.357 e. The van der Waals surface area contributed by atoms with Gasteiger partial charge in [-0.15, -0.1) is 0 Å². The molecule has 0 spiro atoms. The molecule has 1 heterocycles. The van der Waals surface area contributed by atoms with Crippen LogP contribution < -0.4 is 5.32 Å². The van der Waals surface area contributed by atoms with Crippen LogP contribution in [0.25, 0.3) is 0 Å². The van der Waals surface area contributed by atoms with Crippen molar-refractivity contribution in [1.82, 2.24) is 14.8 Å². The molecule has 1 rings (SSSR count). The Kier molecular flexibility index (Phi) is 7.44. The van der Waals surface area contributed by atoms with Gasteiger partial charge in [-0.25, -0.2) is 0 Å². The summed E-state index contributed by atoms with van der Waals surface area (Å²) in [5.74, 6) is 0.953. The molecule has 112 valence electrons. The smallest absolute Gasteiger partial charge is 0.194 e. The molecule has 0 atom stereocenters. The number of hydrogen-bond donors (Lipinski definition) is 1. The molecular weight excluding hydrogens is 316 g/mol. The van der Waals surface area contributed by atoms with E-state index in [0.717, 1.165) is 36.5 Å². The van der Waals surface area contributed by atoms with Gasteiger partial charge in [0.1, 0.15) is 0 Å². The van der Waals surface area contributed by atoms with E-state index in [-0.39, 0.29) is 0 Å². The Balaban J connectivity index is 2.67. The lowest BCUT2D eigenvalue weighted by Gasteiger charge is -2.22. The topological polar surface area (TPSA) is 32.6 Å². The monoisotopic (exact) mass is 340 g/mol. The fraction of sp³-hybridized carbons (Fsp3) is 0.533. The fourth-order valence-electron chi connectivity index (χ4n) is 1.92. The second-order valence-corrected chi connectivity index (χ2v) is 5.63. The summed E-state index contributed by atoms with van der Waals surface area (Å²) >= 11 is 3.51. The maximum atomic E-state index is 4.64. The molecule has 1 aromatic rings.